The molecular formula is C19H28O9P2. The molecule has 0 fully saturated rings. The molecule has 2 aromatic carbocycles. The summed E-state index contributed by atoms with van der Waals surface area (Å²) in [4.78, 5) is 15.4. The highest BCUT2D eigenvalue weighted by Crippen LogP contribution is 2.30. The van der Waals surface area contributed by atoms with Crippen LogP contribution in [0.4, 0.5) is 0 Å². The number of aliphatic hydroxyl groups excluding tert-OH is 3. The molecule has 2 rings (SSSR count). The van der Waals surface area contributed by atoms with E-state index in [1.54, 1.807) is 0 Å². The average molecular weight is 462 g/mol. The zero-order valence-electron chi connectivity index (χ0n) is 16.3. The van der Waals surface area contributed by atoms with E-state index in [1.807, 2.05) is 60.7 Å². The Hall–Kier alpha value is -1.38. The highest BCUT2D eigenvalue weighted by molar-refractivity contribution is 7.46. The summed E-state index contributed by atoms with van der Waals surface area (Å²) in [6.45, 7) is -0.662. The first-order chi connectivity index (χ1) is 14.4. The van der Waals surface area contributed by atoms with Crippen LogP contribution in [0.5, 0.6) is 0 Å². The summed E-state index contributed by atoms with van der Waals surface area (Å²) in [6, 6.07) is 19.4. The number of benzene rings is 2. The molecule has 3 unspecified atom stereocenters. The molecule has 0 bridgehead atoms. The fraction of sp³-hybridized carbons (Fsp3) is 0.368. The van der Waals surface area contributed by atoms with Gasteiger partial charge in [0.2, 0.25) is 0 Å². The van der Waals surface area contributed by atoms with Crippen molar-refractivity contribution in [3.63, 3.8) is 0 Å². The maximum atomic E-state index is 9.72. The van der Waals surface area contributed by atoms with E-state index in [1.165, 1.54) is 0 Å². The Bertz CT molecular complexity index is 735. The summed E-state index contributed by atoms with van der Waals surface area (Å²) in [6.07, 6.45) is 0.0140. The van der Waals surface area contributed by atoms with Crippen LogP contribution in [0.2, 0.25) is 0 Å². The fourth-order valence-electron chi connectivity index (χ4n) is 2.58. The van der Waals surface area contributed by atoms with Gasteiger partial charge in [-0.05, 0) is 17.5 Å². The molecule has 5 N–H and O–H groups in total. The molecule has 30 heavy (non-hydrogen) atoms. The monoisotopic (exact) mass is 462 g/mol. The van der Waals surface area contributed by atoms with Crippen molar-refractivity contribution in [1.29, 1.82) is 0 Å². The topological polar surface area (TPSA) is 154 Å². The van der Waals surface area contributed by atoms with Gasteiger partial charge in [-0.3, -0.25) is 9.13 Å². The van der Waals surface area contributed by atoms with Gasteiger partial charge in [-0.15, -0.1) is 0 Å². The molecule has 0 aliphatic carbocycles. The van der Waals surface area contributed by atoms with Gasteiger partial charge in [-0.1, -0.05) is 60.7 Å². The van der Waals surface area contributed by atoms with Gasteiger partial charge in [-0.25, -0.2) is 4.31 Å². The van der Waals surface area contributed by atoms with E-state index in [9.17, 15) is 24.4 Å². The Morgan fingerprint density at radius 1 is 0.767 bits per heavy atom. The molecule has 0 saturated heterocycles. The summed E-state index contributed by atoms with van der Waals surface area (Å²) in [5.74, 6) is 0. The third-order valence-corrected chi connectivity index (χ3v) is 5.76. The van der Waals surface area contributed by atoms with Crippen LogP contribution < -0.4 is 0 Å². The Morgan fingerprint density at radius 2 is 1.20 bits per heavy atom. The number of aliphatic hydroxyl groups is 3. The molecule has 3 atom stereocenters. The lowest BCUT2D eigenvalue weighted by Crippen LogP contribution is -2.47. The molecule has 0 amide bonds. The van der Waals surface area contributed by atoms with Crippen molar-refractivity contribution in [3.05, 3.63) is 71.8 Å². The van der Waals surface area contributed by atoms with E-state index in [4.69, 9.17) is 14.5 Å². The van der Waals surface area contributed by atoms with Gasteiger partial charge in [-0.2, -0.15) is 0 Å². The minimum absolute atomic E-state index is 0.341. The SMILES string of the molecule is O=[PH](O)O[PH](=O)O.OCC(CO)(CO)C(Cc1ccccc1)OCc1ccccc1. The number of hydrogen-bond acceptors (Lipinski definition) is 7. The Morgan fingerprint density at radius 3 is 1.57 bits per heavy atom. The van der Waals surface area contributed by atoms with Crippen molar-refractivity contribution in [2.45, 2.75) is 19.1 Å². The van der Waals surface area contributed by atoms with Gasteiger partial charge in [0, 0.05) is 0 Å². The molecule has 0 radical (unpaired) electrons. The van der Waals surface area contributed by atoms with Crippen LogP contribution in [0.15, 0.2) is 60.7 Å². The van der Waals surface area contributed by atoms with Crippen LogP contribution in [-0.2, 0) is 31.2 Å². The minimum atomic E-state index is -3.20. The number of ether oxygens (including phenoxy) is 1. The molecule has 0 aromatic heterocycles. The third-order valence-electron chi connectivity index (χ3n) is 4.36. The molecular weight excluding hydrogens is 434 g/mol. The lowest BCUT2D eigenvalue weighted by atomic mass is 9.81. The third kappa shape index (κ3) is 9.62. The zero-order valence-corrected chi connectivity index (χ0v) is 18.3. The quantitative estimate of drug-likeness (QED) is 0.313. The molecule has 0 aliphatic heterocycles. The van der Waals surface area contributed by atoms with Crippen LogP contribution in [0.25, 0.3) is 0 Å². The Kier molecular flexibility index (Phi) is 13.0. The van der Waals surface area contributed by atoms with Crippen molar-refractivity contribution in [1.82, 2.24) is 0 Å². The molecule has 0 spiro atoms. The van der Waals surface area contributed by atoms with Crippen molar-refractivity contribution in [2.24, 2.45) is 5.41 Å². The Balaban J connectivity index is 0.000000553. The van der Waals surface area contributed by atoms with Crippen LogP contribution in [0, 0.1) is 5.41 Å². The minimum Gasteiger partial charge on any atom is -0.396 e. The molecule has 0 saturated carbocycles. The summed E-state index contributed by atoms with van der Waals surface area (Å²) in [7, 11) is -6.40. The van der Waals surface area contributed by atoms with Crippen molar-refractivity contribution in [3.8, 4) is 0 Å². The standard InChI is InChI=1S/C19H24O4.H4O5P2/c20-13-19(14-21,15-22)18(11-16-7-3-1-4-8-16)23-12-17-9-5-2-6-10-17;1-6(2)5-7(3)4/h1-10,18,20-22H,11-15H2;6-7H,(H,1,2)(H,3,4). The second-order valence-corrected chi connectivity index (χ2v) is 8.33. The fourth-order valence-corrected chi connectivity index (χ4v) is 3.18. The van der Waals surface area contributed by atoms with Gasteiger partial charge < -0.3 is 29.8 Å². The summed E-state index contributed by atoms with van der Waals surface area (Å²) in [5.41, 5.74) is 0.962. The smallest absolute Gasteiger partial charge is 0.323 e. The molecule has 0 heterocycles. The zero-order chi connectivity index (χ0) is 22.4. The van der Waals surface area contributed by atoms with Crippen LogP contribution in [-0.4, -0.2) is 51.0 Å². The predicted octanol–water partition coefficient (Wildman–Crippen LogP) is 1.54. The van der Waals surface area contributed by atoms with Crippen LogP contribution in [0.3, 0.4) is 0 Å². The summed E-state index contributed by atoms with van der Waals surface area (Å²) >= 11 is 0. The van der Waals surface area contributed by atoms with E-state index >= 15 is 0 Å². The molecule has 9 nitrogen and oxygen atoms in total. The first kappa shape index (κ1) is 26.7. The first-order valence-electron chi connectivity index (χ1n) is 9.02. The summed E-state index contributed by atoms with van der Waals surface area (Å²) in [5, 5.41) is 29.2. The second kappa shape index (κ2) is 14.6. The normalized spacial score (nSPS) is 14.3. The largest absolute Gasteiger partial charge is 0.396 e. The van der Waals surface area contributed by atoms with Gasteiger partial charge in [0.05, 0.1) is 37.9 Å². The van der Waals surface area contributed by atoms with E-state index in [0.29, 0.717) is 13.0 Å². The number of rotatable bonds is 11. The maximum absolute atomic E-state index is 9.72. The first-order valence-corrected chi connectivity index (χ1v) is 11.6. The lowest BCUT2D eigenvalue weighted by molar-refractivity contribution is -0.118. The maximum Gasteiger partial charge on any atom is 0.323 e. The van der Waals surface area contributed by atoms with Crippen molar-refractivity contribution in [2.75, 3.05) is 19.8 Å². The van der Waals surface area contributed by atoms with E-state index < -0.39 is 28.0 Å². The van der Waals surface area contributed by atoms with Gasteiger partial charge in [0.1, 0.15) is 0 Å². The highest BCUT2D eigenvalue weighted by atomic mass is 31.2. The van der Waals surface area contributed by atoms with Crippen molar-refractivity contribution < 1.29 is 43.3 Å². The van der Waals surface area contributed by atoms with Gasteiger partial charge in [0.25, 0.3) is 0 Å². The molecule has 0 aliphatic rings. The molecule has 11 heteroatoms. The van der Waals surface area contributed by atoms with Gasteiger partial charge in [0.15, 0.2) is 0 Å². The summed E-state index contributed by atoms with van der Waals surface area (Å²) < 4.78 is 28.3. The van der Waals surface area contributed by atoms with Gasteiger partial charge >= 0.3 is 16.5 Å². The Labute approximate surface area is 176 Å². The van der Waals surface area contributed by atoms with E-state index in [2.05, 4.69) is 4.31 Å². The van der Waals surface area contributed by atoms with E-state index in [-0.39, 0.29) is 19.8 Å². The van der Waals surface area contributed by atoms with E-state index in [0.717, 1.165) is 11.1 Å². The van der Waals surface area contributed by atoms with Crippen molar-refractivity contribution >= 4 is 16.5 Å². The average Bonchev–Trinajstić information content (AvgIpc) is 2.74. The number of hydrogen-bond donors (Lipinski definition) is 5. The van der Waals surface area contributed by atoms with Crippen LogP contribution >= 0.6 is 16.5 Å². The highest BCUT2D eigenvalue weighted by Gasteiger charge is 2.38. The van der Waals surface area contributed by atoms with Crippen LogP contribution in [0.1, 0.15) is 11.1 Å². The molecule has 2 aromatic rings. The second-order valence-electron chi connectivity index (χ2n) is 6.45. The predicted molar refractivity (Wildman–Crippen MR) is 112 cm³/mol. The molecule has 168 valence electrons. The lowest BCUT2D eigenvalue weighted by Gasteiger charge is -2.36.